The second kappa shape index (κ2) is 8.94. The number of fused-ring (bicyclic) bond motifs is 2. The molecule has 30 heavy (non-hydrogen) atoms. The van der Waals surface area contributed by atoms with Gasteiger partial charge in [0.1, 0.15) is 10.4 Å². The summed E-state index contributed by atoms with van der Waals surface area (Å²) in [4.78, 5) is 13.1. The van der Waals surface area contributed by atoms with Gasteiger partial charge in [-0.1, -0.05) is 42.1 Å². The molecule has 0 spiro atoms. The topological polar surface area (TPSA) is 86.7 Å². The fraction of sp³-hybridized carbons (Fsp3) is 0.667. The van der Waals surface area contributed by atoms with Crippen LogP contribution in [0, 0.1) is 17.8 Å². The van der Waals surface area contributed by atoms with Crippen LogP contribution < -0.4 is 5.32 Å². The molecule has 1 amide bonds. The minimum Gasteiger partial charge on any atom is -0.396 e. The van der Waals surface area contributed by atoms with E-state index < -0.39 is 15.6 Å². The molecule has 0 aromatic heterocycles. The van der Waals surface area contributed by atoms with Crippen LogP contribution in [0.3, 0.4) is 0 Å². The zero-order valence-electron chi connectivity index (χ0n) is 17.6. The number of nitrogens with one attached hydrogen (secondary N) is 1. The highest BCUT2D eigenvalue weighted by molar-refractivity contribution is 7.89. The molecule has 3 rings (SSSR count). The van der Waals surface area contributed by atoms with Crippen LogP contribution in [-0.4, -0.2) is 49.0 Å². The Morgan fingerprint density at radius 1 is 1.27 bits per heavy atom. The fourth-order valence-corrected chi connectivity index (χ4v) is 7.07. The van der Waals surface area contributed by atoms with E-state index in [4.69, 9.17) is 23.2 Å². The molecule has 9 heteroatoms. The van der Waals surface area contributed by atoms with Gasteiger partial charge in [-0.3, -0.25) is 4.79 Å². The highest BCUT2D eigenvalue weighted by Gasteiger charge is 2.45. The lowest BCUT2D eigenvalue weighted by Gasteiger charge is -2.46. The molecule has 2 saturated carbocycles. The van der Waals surface area contributed by atoms with Gasteiger partial charge >= 0.3 is 0 Å². The molecule has 1 aromatic rings. The third-order valence-corrected chi connectivity index (χ3v) is 9.91. The third-order valence-electron chi connectivity index (χ3n) is 6.90. The van der Waals surface area contributed by atoms with Gasteiger partial charge in [-0.15, -0.1) is 0 Å². The Morgan fingerprint density at radius 2 is 1.97 bits per heavy atom. The van der Waals surface area contributed by atoms with Gasteiger partial charge in [0.2, 0.25) is 15.9 Å². The van der Waals surface area contributed by atoms with Crippen LogP contribution >= 0.6 is 23.2 Å². The van der Waals surface area contributed by atoms with E-state index >= 15 is 0 Å². The van der Waals surface area contributed by atoms with Crippen molar-refractivity contribution >= 4 is 39.1 Å². The average Bonchev–Trinajstić information content (AvgIpc) is 2.71. The van der Waals surface area contributed by atoms with Crippen molar-refractivity contribution in [1.29, 1.82) is 0 Å². The number of aliphatic hydroxyl groups is 1. The second-order valence-corrected chi connectivity index (χ2v) is 11.8. The molecule has 0 aliphatic heterocycles. The number of hydrogen-bond donors (Lipinski definition) is 2. The van der Waals surface area contributed by atoms with Gasteiger partial charge in [0.05, 0.1) is 10.0 Å². The molecule has 4 atom stereocenters. The summed E-state index contributed by atoms with van der Waals surface area (Å²) >= 11 is 12.1. The highest BCUT2D eigenvalue weighted by atomic mass is 35.5. The molecule has 2 aliphatic carbocycles. The van der Waals surface area contributed by atoms with Gasteiger partial charge in [-0.25, -0.2) is 8.42 Å². The normalized spacial score (nSPS) is 27.2. The standard InChI is InChI=1S/C21H30Cl2N2O4S/c1-21(2,25(3)30(28,29)17-9-5-8-16(22)18(17)23)20(27)24-19-14-7-4-6-13(10-14)11-15(19)12-26/h5,8-9,13-15,19,26H,4,6-7,10-12H2,1-3H3,(H,24,27). The number of carbonyl (C=O) groups is 1. The van der Waals surface area contributed by atoms with Crippen molar-refractivity contribution < 1.29 is 18.3 Å². The first kappa shape index (κ1) is 23.8. The number of rotatable bonds is 6. The van der Waals surface area contributed by atoms with Crippen molar-refractivity contribution in [2.24, 2.45) is 17.8 Å². The Balaban J connectivity index is 1.83. The maximum absolute atomic E-state index is 13.3. The van der Waals surface area contributed by atoms with Crippen molar-refractivity contribution in [3.05, 3.63) is 28.2 Å². The van der Waals surface area contributed by atoms with E-state index in [1.165, 1.54) is 31.7 Å². The maximum Gasteiger partial charge on any atom is 0.245 e. The predicted molar refractivity (Wildman–Crippen MR) is 118 cm³/mol. The fourth-order valence-electron chi connectivity index (χ4n) is 4.86. The quantitative estimate of drug-likeness (QED) is 0.654. The van der Waals surface area contributed by atoms with E-state index in [1.54, 1.807) is 13.8 Å². The largest absolute Gasteiger partial charge is 0.396 e. The van der Waals surface area contributed by atoms with Crippen molar-refractivity contribution in [3.63, 3.8) is 0 Å². The van der Waals surface area contributed by atoms with Crippen LogP contribution in [0.1, 0.15) is 46.0 Å². The molecule has 0 radical (unpaired) electrons. The smallest absolute Gasteiger partial charge is 0.245 e. The maximum atomic E-state index is 13.3. The molecule has 0 heterocycles. The summed E-state index contributed by atoms with van der Waals surface area (Å²) in [5.41, 5.74) is -1.37. The summed E-state index contributed by atoms with van der Waals surface area (Å²) in [5, 5.41) is 13.0. The Morgan fingerprint density at radius 3 is 2.63 bits per heavy atom. The van der Waals surface area contributed by atoms with Gasteiger partial charge in [0.15, 0.2) is 0 Å². The Hall–Kier alpha value is -0.860. The van der Waals surface area contributed by atoms with Crippen LogP contribution in [0.5, 0.6) is 0 Å². The van der Waals surface area contributed by atoms with Crippen LogP contribution in [0.25, 0.3) is 0 Å². The Bertz CT molecular complexity index is 904. The number of benzene rings is 1. The van der Waals surface area contributed by atoms with Crippen molar-refractivity contribution in [3.8, 4) is 0 Å². The first-order valence-corrected chi connectivity index (χ1v) is 12.5. The molecule has 2 aliphatic rings. The summed E-state index contributed by atoms with van der Waals surface area (Å²) in [6, 6.07) is 4.24. The number of amides is 1. The van der Waals surface area contributed by atoms with E-state index in [1.807, 2.05) is 0 Å². The molecule has 2 fully saturated rings. The lowest BCUT2D eigenvalue weighted by atomic mass is 9.65. The first-order valence-electron chi connectivity index (χ1n) is 10.3. The summed E-state index contributed by atoms with van der Waals surface area (Å²) in [6.07, 6.45) is 5.27. The van der Waals surface area contributed by atoms with Gasteiger partial charge < -0.3 is 10.4 Å². The number of sulfonamides is 1. The number of aliphatic hydroxyl groups excluding tert-OH is 1. The monoisotopic (exact) mass is 476 g/mol. The highest BCUT2D eigenvalue weighted by Crippen LogP contribution is 2.43. The molecule has 2 bridgehead atoms. The van der Waals surface area contributed by atoms with Gasteiger partial charge in [-0.2, -0.15) is 4.31 Å². The minimum atomic E-state index is -4.06. The van der Waals surface area contributed by atoms with E-state index in [0.29, 0.717) is 11.8 Å². The summed E-state index contributed by atoms with van der Waals surface area (Å²) in [7, 11) is -2.70. The minimum absolute atomic E-state index is 0.00177. The van der Waals surface area contributed by atoms with Gasteiger partial charge in [-0.05, 0) is 57.1 Å². The molecule has 0 saturated heterocycles. The van der Waals surface area contributed by atoms with E-state index in [-0.39, 0.29) is 39.4 Å². The SMILES string of the molecule is CN(C(C)(C)C(=O)NC1C(CO)CC2CCCC1C2)S(=O)(=O)c1cccc(Cl)c1Cl. The zero-order chi connectivity index (χ0) is 22.3. The third kappa shape index (κ3) is 4.37. The number of carbonyl (C=O) groups excluding carboxylic acids is 1. The van der Waals surface area contributed by atoms with Crippen LogP contribution in [0.4, 0.5) is 0 Å². The van der Waals surface area contributed by atoms with E-state index in [2.05, 4.69) is 5.32 Å². The number of likely N-dealkylation sites (N-methyl/N-ethyl adjacent to an activating group) is 1. The predicted octanol–water partition coefficient (Wildman–Crippen LogP) is 3.70. The molecule has 1 aromatic carbocycles. The molecular formula is C21H30Cl2N2O4S. The van der Waals surface area contributed by atoms with Crippen molar-refractivity contribution in [1.82, 2.24) is 9.62 Å². The first-order chi connectivity index (χ1) is 14.0. The Kier molecular flexibility index (Phi) is 7.09. The van der Waals surface area contributed by atoms with Crippen LogP contribution in [0.2, 0.25) is 10.0 Å². The summed E-state index contributed by atoms with van der Waals surface area (Å²) in [5.74, 6) is 0.533. The van der Waals surface area contributed by atoms with Crippen LogP contribution in [-0.2, 0) is 14.8 Å². The number of nitrogens with zero attached hydrogens (tertiary/aromatic N) is 1. The lowest BCUT2D eigenvalue weighted by molar-refractivity contribution is -0.131. The number of halogens is 2. The molecule has 4 unspecified atom stereocenters. The summed E-state index contributed by atoms with van der Waals surface area (Å²) < 4.78 is 27.4. The van der Waals surface area contributed by atoms with Gasteiger partial charge in [0.25, 0.3) is 0 Å². The van der Waals surface area contributed by atoms with Gasteiger partial charge in [0, 0.05) is 25.6 Å². The Labute approximate surface area is 189 Å². The lowest BCUT2D eigenvalue weighted by Crippen LogP contribution is -2.60. The zero-order valence-corrected chi connectivity index (χ0v) is 19.9. The second-order valence-electron chi connectivity index (χ2n) is 9.05. The van der Waals surface area contributed by atoms with Crippen LogP contribution in [0.15, 0.2) is 23.1 Å². The van der Waals surface area contributed by atoms with E-state index in [9.17, 15) is 18.3 Å². The average molecular weight is 477 g/mol. The molecular weight excluding hydrogens is 447 g/mol. The number of hydrogen-bond acceptors (Lipinski definition) is 4. The molecule has 6 nitrogen and oxygen atoms in total. The molecule has 168 valence electrons. The van der Waals surface area contributed by atoms with E-state index in [0.717, 1.165) is 30.0 Å². The summed E-state index contributed by atoms with van der Waals surface area (Å²) in [6.45, 7) is 3.15. The van der Waals surface area contributed by atoms with Crippen molar-refractivity contribution in [2.45, 2.75) is 62.4 Å². The van der Waals surface area contributed by atoms with Crippen molar-refractivity contribution in [2.75, 3.05) is 13.7 Å². The molecule has 2 N–H and O–H groups in total.